The summed E-state index contributed by atoms with van der Waals surface area (Å²) in [6.07, 6.45) is 4.69. The maximum atomic E-state index is 9.42. The van der Waals surface area contributed by atoms with Crippen molar-refractivity contribution in [3.8, 4) is 0 Å². The van der Waals surface area contributed by atoms with Crippen molar-refractivity contribution in [1.29, 1.82) is 0 Å². The number of guanidine groups is 1. The van der Waals surface area contributed by atoms with E-state index < -0.39 is 0 Å². The summed E-state index contributed by atoms with van der Waals surface area (Å²) >= 11 is 1.97. The van der Waals surface area contributed by atoms with Crippen molar-refractivity contribution in [2.45, 2.75) is 42.2 Å². The van der Waals surface area contributed by atoms with E-state index in [1.807, 2.05) is 11.8 Å². The molecule has 1 aromatic carbocycles. The fourth-order valence-electron chi connectivity index (χ4n) is 2.57. The summed E-state index contributed by atoms with van der Waals surface area (Å²) in [7, 11) is 0. The van der Waals surface area contributed by atoms with Gasteiger partial charge in [0.15, 0.2) is 5.96 Å². The molecule has 0 saturated heterocycles. The molecule has 0 bridgehead atoms. The summed E-state index contributed by atoms with van der Waals surface area (Å²) in [6, 6.07) is 10.6. The maximum absolute atomic E-state index is 9.42. The highest BCUT2D eigenvalue weighted by Crippen LogP contribution is 2.51. The summed E-state index contributed by atoms with van der Waals surface area (Å²) in [6.45, 7) is 4.85. The number of aliphatic imine (C=N–C) groups is 1. The Labute approximate surface area is 143 Å². The van der Waals surface area contributed by atoms with E-state index in [1.54, 1.807) is 0 Å². The number of nitrogens with zero attached hydrogens (tertiary/aromatic N) is 1. The van der Waals surface area contributed by atoms with Gasteiger partial charge in [-0.2, -0.15) is 0 Å². The average molecular weight is 334 g/mol. The number of aliphatic hydroxyl groups excluding tert-OH is 1. The Morgan fingerprint density at radius 1 is 1.17 bits per heavy atom. The van der Waals surface area contributed by atoms with E-state index >= 15 is 0 Å². The second-order valence-electron chi connectivity index (χ2n) is 6.80. The predicted molar refractivity (Wildman–Crippen MR) is 97.0 cm³/mol. The molecule has 0 heterocycles. The van der Waals surface area contributed by atoms with E-state index in [1.165, 1.54) is 17.7 Å². The van der Waals surface area contributed by atoms with Crippen LogP contribution in [0, 0.1) is 5.41 Å². The van der Waals surface area contributed by atoms with E-state index in [0.29, 0.717) is 4.75 Å². The van der Waals surface area contributed by atoms with Gasteiger partial charge in [-0.15, -0.1) is 11.8 Å². The molecular weight excluding hydrogens is 306 g/mol. The number of hydrogen-bond donors (Lipinski definition) is 3. The van der Waals surface area contributed by atoms with Crippen molar-refractivity contribution in [3.05, 3.63) is 30.3 Å². The van der Waals surface area contributed by atoms with Crippen LogP contribution in [0.1, 0.15) is 32.6 Å². The van der Waals surface area contributed by atoms with Gasteiger partial charge in [-0.1, -0.05) is 18.2 Å². The van der Waals surface area contributed by atoms with Crippen LogP contribution in [0.3, 0.4) is 0 Å². The Morgan fingerprint density at radius 2 is 1.91 bits per heavy atom. The lowest BCUT2D eigenvalue weighted by Gasteiger charge is -2.19. The Hall–Kier alpha value is -1.20. The van der Waals surface area contributed by atoms with Crippen molar-refractivity contribution in [2.75, 3.05) is 26.2 Å². The van der Waals surface area contributed by atoms with Crippen molar-refractivity contribution >= 4 is 17.7 Å². The number of aliphatic hydroxyl groups is 1. The Balaban J connectivity index is 1.53. The zero-order chi connectivity index (χ0) is 16.2. The lowest BCUT2D eigenvalue weighted by molar-refractivity contribution is 0.217. The summed E-state index contributed by atoms with van der Waals surface area (Å²) in [5.41, 5.74) is 0.0679. The largest absolute Gasteiger partial charge is 0.396 e. The van der Waals surface area contributed by atoms with Crippen LogP contribution in [0.5, 0.6) is 0 Å². The average Bonchev–Trinajstić information content (AvgIpc) is 3.49. The minimum Gasteiger partial charge on any atom is -0.396 e. The molecular formula is C18H27N3OS. The quantitative estimate of drug-likeness (QED) is 0.506. The third-order valence-corrected chi connectivity index (χ3v) is 6.17. The zero-order valence-electron chi connectivity index (χ0n) is 13.8. The van der Waals surface area contributed by atoms with Crippen LogP contribution < -0.4 is 10.6 Å². The normalized spacial score (nSPS) is 20.9. The lowest BCUT2D eigenvalue weighted by Crippen LogP contribution is -2.41. The first-order valence-corrected chi connectivity index (χ1v) is 9.38. The molecule has 1 aromatic rings. The first kappa shape index (κ1) is 16.7. The third-order valence-electron chi connectivity index (χ3n) is 4.67. The molecule has 0 aliphatic heterocycles. The van der Waals surface area contributed by atoms with Crippen LogP contribution in [0.15, 0.2) is 40.2 Å². The maximum Gasteiger partial charge on any atom is 0.191 e. The summed E-state index contributed by atoms with van der Waals surface area (Å²) in [5, 5.41) is 16.2. The molecule has 0 radical (unpaired) electrons. The number of thioether (sulfide) groups is 1. The molecule has 3 N–H and O–H groups in total. The van der Waals surface area contributed by atoms with Crippen LogP contribution in [0.25, 0.3) is 0 Å². The number of rotatable bonds is 8. The summed E-state index contributed by atoms with van der Waals surface area (Å²) in [5.74, 6) is 0.882. The molecule has 2 fully saturated rings. The Bertz CT molecular complexity index is 538. The van der Waals surface area contributed by atoms with Crippen molar-refractivity contribution in [3.63, 3.8) is 0 Å². The van der Waals surface area contributed by atoms with Crippen LogP contribution in [0.2, 0.25) is 0 Å². The molecule has 0 unspecified atom stereocenters. The zero-order valence-corrected chi connectivity index (χ0v) is 14.7. The van der Waals surface area contributed by atoms with Crippen molar-refractivity contribution in [2.24, 2.45) is 10.4 Å². The standard InChI is InChI=1S/C18H27N3OS/c1-2-19-16(20-12-17(14-22)8-9-17)21-13-18(10-11-18)23-15-6-4-3-5-7-15/h3-7,22H,2,8-14H2,1H3,(H2,19,20,21). The monoisotopic (exact) mass is 333 g/mol. The van der Waals surface area contributed by atoms with Crippen LogP contribution in [-0.4, -0.2) is 42.1 Å². The number of nitrogens with one attached hydrogen (secondary N) is 2. The second-order valence-corrected chi connectivity index (χ2v) is 8.35. The molecule has 0 amide bonds. The lowest BCUT2D eigenvalue weighted by atomic mass is 10.1. The molecule has 0 atom stereocenters. The van der Waals surface area contributed by atoms with Crippen LogP contribution in [0.4, 0.5) is 0 Å². The highest BCUT2D eigenvalue weighted by atomic mass is 32.2. The second kappa shape index (κ2) is 7.14. The smallest absolute Gasteiger partial charge is 0.191 e. The molecule has 126 valence electrons. The van der Waals surface area contributed by atoms with Gasteiger partial charge < -0.3 is 15.7 Å². The van der Waals surface area contributed by atoms with Gasteiger partial charge in [0, 0.05) is 28.1 Å². The molecule has 2 saturated carbocycles. The van der Waals surface area contributed by atoms with E-state index in [2.05, 4.69) is 52.9 Å². The van der Waals surface area contributed by atoms with Gasteiger partial charge in [-0.05, 0) is 44.7 Å². The molecule has 0 spiro atoms. The number of hydrogen-bond acceptors (Lipinski definition) is 3. The van der Waals surface area contributed by atoms with Crippen LogP contribution in [-0.2, 0) is 0 Å². The summed E-state index contributed by atoms with van der Waals surface area (Å²) in [4.78, 5) is 6.02. The van der Waals surface area contributed by atoms with Gasteiger partial charge in [0.05, 0.1) is 13.2 Å². The van der Waals surface area contributed by atoms with Gasteiger partial charge in [-0.25, -0.2) is 0 Å². The van der Waals surface area contributed by atoms with Crippen LogP contribution >= 0.6 is 11.8 Å². The molecule has 0 aromatic heterocycles. The minimum absolute atomic E-state index is 0.0679. The van der Waals surface area contributed by atoms with Gasteiger partial charge in [0.1, 0.15) is 0 Å². The molecule has 4 nitrogen and oxygen atoms in total. The molecule has 2 aliphatic rings. The Morgan fingerprint density at radius 3 is 2.48 bits per heavy atom. The molecule has 3 rings (SSSR count). The highest BCUT2D eigenvalue weighted by molar-refractivity contribution is 8.01. The Kier molecular flexibility index (Phi) is 5.17. The SMILES string of the molecule is CCNC(=NCC1(CO)CC1)NCC1(Sc2ccccc2)CC1. The van der Waals surface area contributed by atoms with E-state index in [0.717, 1.165) is 38.4 Å². The first-order valence-electron chi connectivity index (χ1n) is 8.56. The summed E-state index contributed by atoms with van der Waals surface area (Å²) < 4.78 is 0.311. The van der Waals surface area contributed by atoms with E-state index in [9.17, 15) is 5.11 Å². The van der Waals surface area contributed by atoms with Gasteiger partial charge >= 0.3 is 0 Å². The molecule has 23 heavy (non-hydrogen) atoms. The number of benzene rings is 1. The van der Waals surface area contributed by atoms with E-state index in [4.69, 9.17) is 0 Å². The van der Waals surface area contributed by atoms with Gasteiger partial charge in [-0.3, -0.25) is 4.99 Å². The van der Waals surface area contributed by atoms with Crippen molar-refractivity contribution < 1.29 is 5.11 Å². The highest BCUT2D eigenvalue weighted by Gasteiger charge is 2.44. The fourth-order valence-corrected chi connectivity index (χ4v) is 3.81. The van der Waals surface area contributed by atoms with E-state index in [-0.39, 0.29) is 12.0 Å². The minimum atomic E-state index is 0.0679. The van der Waals surface area contributed by atoms with Gasteiger partial charge in [0.2, 0.25) is 0 Å². The topological polar surface area (TPSA) is 56.7 Å². The molecule has 5 heteroatoms. The molecule has 2 aliphatic carbocycles. The van der Waals surface area contributed by atoms with Gasteiger partial charge in [0.25, 0.3) is 0 Å². The predicted octanol–water partition coefficient (Wildman–Crippen LogP) is 2.64. The first-order chi connectivity index (χ1) is 11.2. The fraction of sp³-hybridized carbons (Fsp3) is 0.611. The van der Waals surface area contributed by atoms with Crippen molar-refractivity contribution in [1.82, 2.24) is 10.6 Å². The third kappa shape index (κ3) is 4.64.